The molecule has 5 heteroatoms. The predicted octanol–water partition coefficient (Wildman–Crippen LogP) is 3.47. The van der Waals surface area contributed by atoms with E-state index < -0.39 is 0 Å². The van der Waals surface area contributed by atoms with Gasteiger partial charge in [0.2, 0.25) is 5.91 Å². The zero-order chi connectivity index (χ0) is 17.6. The fourth-order valence-electron chi connectivity index (χ4n) is 2.96. The Bertz CT molecular complexity index is 722. The summed E-state index contributed by atoms with van der Waals surface area (Å²) < 4.78 is 5.71. The van der Waals surface area contributed by atoms with Gasteiger partial charge in [-0.15, -0.1) is 0 Å². The highest BCUT2D eigenvalue weighted by Crippen LogP contribution is 2.22. The highest BCUT2D eigenvalue weighted by molar-refractivity contribution is 6.06. The fourth-order valence-corrected chi connectivity index (χ4v) is 2.96. The van der Waals surface area contributed by atoms with Gasteiger partial charge in [0.25, 0.3) is 5.91 Å². The monoisotopic (exact) mass is 338 g/mol. The van der Waals surface area contributed by atoms with E-state index in [9.17, 15) is 9.59 Å². The van der Waals surface area contributed by atoms with Gasteiger partial charge in [-0.05, 0) is 49.2 Å². The van der Waals surface area contributed by atoms with Gasteiger partial charge < -0.3 is 15.0 Å². The van der Waals surface area contributed by atoms with Gasteiger partial charge in [-0.25, -0.2) is 0 Å². The van der Waals surface area contributed by atoms with E-state index in [1.807, 2.05) is 30.3 Å². The van der Waals surface area contributed by atoms with Gasteiger partial charge in [0.1, 0.15) is 0 Å². The Morgan fingerprint density at radius 1 is 1.12 bits per heavy atom. The Morgan fingerprint density at radius 2 is 1.84 bits per heavy atom. The summed E-state index contributed by atoms with van der Waals surface area (Å²) >= 11 is 0. The van der Waals surface area contributed by atoms with Crippen molar-refractivity contribution in [3.63, 3.8) is 0 Å². The van der Waals surface area contributed by atoms with Gasteiger partial charge >= 0.3 is 0 Å². The summed E-state index contributed by atoms with van der Waals surface area (Å²) in [6, 6.07) is 16.6. The second-order valence-electron chi connectivity index (χ2n) is 6.14. The van der Waals surface area contributed by atoms with E-state index in [-0.39, 0.29) is 17.9 Å². The van der Waals surface area contributed by atoms with E-state index in [2.05, 4.69) is 5.32 Å². The third-order valence-corrected chi connectivity index (χ3v) is 4.18. The highest BCUT2D eigenvalue weighted by Gasteiger charge is 2.24. The predicted molar refractivity (Wildman–Crippen MR) is 97.8 cm³/mol. The minimum atomic E-state index is -0.136. The van der Waals surface area contributed by atoms with Gasteiger partial charge in [0.05, 0.1) is 12.6 Å². The van der Waals surface area contributed by atoms with E-state index in [0.717, 1.165) is 25.1 Å². The molecule has 130 valence electrons. The molecule has 3 rings (SSSR count). The number of ether oxygens (including phenoxy) is 1. The average molecular weight is 338 g/mol. The van der Waals surface area contributed by atoms with E-state index in [4.69, 9.17) is 4.74 Å². The van der Waals surface area contributed by atoms with Crippen LogP contribution in [0.4, 0.5) is 11.4 Å². The van der Waals surface area contributed by atoms with Gasteiger partial charge in [0.15, 0.2) is 0 Å². The summed E-state index contributed by atoms with van der Waals surface area (Å²) in [6.07, 6.45) is 2.08. The third kappa shape index (κ3) is 4.45. The number of hydrogen-bond acceptors (Lipinski definition) is 3. The molecule has 1 saturated heterocycles. The molecule has 1 atom stereocenters. The smallest absolute Gasteiger partial charge is 0.258 e. The molecule has 0 aromatic heterocycles. The first kappa shape index (κ1) is 17.2. The normalized spacial score (nSPS) is 16.4. The molecule has 0 radical (unpaired) electrons. The average Bonchev–Trinajstić information content (AvgIpc) is 3.13. The van der Waals surface area contributed by atoms with Gasteiger partial charge in [-0.2, -0.15) is 0 Å². The lowest BCUT2D eigenvalue weighted by atomic mass is 10.1. The molecule has 1 aliphatic heterocycles. The largest absolute Gasteiger partial charge is 0.376 e. The number of rotatable bonds is 5. The van der Waals surface area contributed by atoms with E-state index in [1.165, 1.54) is 6.92 Å². The summed E-state index contributed by atoms with van der Waals surface area (Å²) in [6.45, 7) is 2.75. The van der Waals surface area contributed by atoms with E-state index in [0.29, 0.717) is 17.8 Å². The number of anilines is 2. The van der Waals surface area contributed by atoms with Crippen LogP contribution in [-0.4, -0.2) is 31.1 Å². The standard InChI is InChI=1S/C20H22N2O3/c1-15(23)21-17-11-9-16(10-12-17)20(24)22(14-19-8-5-13-25-19)18-6-3-2-4-7-18/h2-4,6-7,9-12,19H,5,8,13-14H2,1H3,(H,21,23). The van der Waals surface area contributed by atoms with Crippen LogP contribution in [0.2, 0.25) is 0 Å². The summed E-state index contributed by atoms with van der Waals surface area (Å²) in [5.74, 6) is -0.209. The zero-order valence-electron chi connectivity index (χ0n) is 14.3. The Kier molecular flexibility index (Phi) is 5.46. The van der Waals surface area contributed by atoms with Crippen LogP contribution in [0.15, 0.2) is 54.6 Å². The Morgan fingerprint density at radius 3 is 2.44 bits per heavy atom. The van der Waals surface area contributed by atoms with Crippen LogP contribution in [0.25, 0.3) is 0 Å². The molecular weight excluding hydrogens is 316 g/mol. The second-order valence-corrected chi connectivity index (χ2v) is 6.14. The van der Waals surface area contributed by atoms with Crippen LogP contribution in [0.3, 0.4) is 0 Å². The number of carbonyl (C=O) groups excluding carboxylic acids is 2. The SMILES string of the molecule is CC(=O)Nc1ccc(C(=O)N(CC2CCCO2)c2ccccc2)cc1. The molecule has 2 amide bonds. The molecule has 1 N–H and O–H groups in total. The first-order valence-corrected chi connectivity index (χ1v) is 8.49. The number of nitrogens with one attached hydrogen (secondary N) is 1. The molecule has 2 aromatic rings. The van der Waals surface area contributed by atoms with E-state index in [1.54, 1.807) is 29.2 Å². The summed E-state index contributed by atoms with van der Waals surface area (Å²) in [4.78, 5) is 25.9. The maximum absolute atomic E-state index is 13.0. The van der Waals surface area contributed by atoms with Gasteiger partial charge in [0, 0.05) is 30.5 Å². The van der Waals surface area contributed by atoms with Crippen molar-refractivity contribution in [1.29, 1.82) is 0 Å². The summed E-state index contributed by atoms with van der Waals surface area (Å²) in [7, 11) is 0. The molecule has 1 heterocycles. The maximum atomic E-state index is 13.0. The van der Waals surface area contributed by atoms with Crippen LogP contribution in [0, 0.1) is 0 Å². The van der Waals surface area contributed by atoms with Crippen LogP contribution < -0.4 is 10.2 Å². The number of benzene rings is 2. The van der Waals surface area contributed by atoms with Crippen LogP contribution in [-0.2, 0) is 9.53 Å². The lowest BCUT2D eigenvalue weighted by Crippen LogP contribution is -2.37. The van der Waals surface area contributed by atoms with Crippen molar-refractivity contribution in [2.45, 2.75) is 25.9 Å². The Hall–Kier alpha value is -2.66. The second kappa shape index (κ2) is 7.94. The number of nitrogens with zero attached hydrogens (tertiary/aromatic N) is 1. The first-order chi connectivity index (χ1) is 12.1. The number of hydrogen-bond donors (Lipinski definition) is 1. The molecule has 2 aromatic carbocycles. The van der Waals surface area contributed by atoms with E-state index >= 15 is 0 Å². The lowest BCUT2D eigenvalue weighted by Gasteiger charge is -2.25. The zero-order valence-corrected chi connectivity index (χ0v) is 14.3. The Balaban J connectivity index is 1.81. The highest BCUT2D eigenvalue weighted by atomic mass is 16.5. The number of para-hydroxylation sites is 1. The minimum absolute atomic E-state index is 0.0720. The van der Waals surface area contributed by atoms with Crippen molar-refractivity contribution in [1.82, 2.24) is 0 Å². The topological polar surface area (TPSA) is 58.6 Å². The molecule has 0 aliphatic carbocycles. The molecule has 0 saturated carbocycles. The molecule has 25 heavy (non-hydrogen) atoms. The van der Waals surface area contributed by atoms with Crippen molar-refractivity contribution in [3.05, 3.63) is 60.2 Å². The third-order valence-electron chi connectivity index (χ3n) is 4.18. The van der Waals surface area contributed by atoms with Crippen LogP contribution in [0.5, 0.6) is 0 Å². The molecule has 1 unspecified atom stereocenters. The molecule has 5 nitrogen and oxygen atoms in total. The maximum Gasteiger partial charge on any atom is 0.258 e. The van der Waals surface area contributed by atoms with Crippen molar-refractivity contribution in [2.24, 2.45) is 0 Å². The van der Waals surface area contributed by atoms with Crippen LogP contribution >= 0.6 is 0 Å². The number of carbonyl (C=O) groups is 2. The van der Waals surface area contributed by atoms with Crippen molar-refractivity contribution in [3.8, 4) is 0 Å². The molecule has 1 fully saturated rings. The Labute approximate surface area is 147 Å². The molecule has 0 spiro atoms. The molecule has 0 bridgehead atoms. The van der Waals surface area contributed by atoms with Crippen molar-refractivity contribution < 1.29 is 14.3 Å². The summed E-state index contributed by atoms with van der Waals surface area (Å²) in [5.41, 5.74) is 2.11. The van der Waals surface area contributed by atoms with Gasteiger partial charge in [-0.1, -0.05) is 18.2 Å². The number of amides is 2. The lowest BCUT2D eigenvalue weighted by molar-refractivity contribution is -0.114. The minimum Gasteiger partial charge on any atom is -0.376 e. The van der Waals surface area contributed by atoms with Crippen molar-refractivity contribution in [2.75, 3.05) is 23.4 Å². The molecular formula is C20H22N2O3. The van der Waals surface area contributed by atoms with Crippen molar-refractivity contribution >= 4 is 23.2 Å². The van der Waals surface area contributed by atoms with Gasteiger partial charge in [-0.3, -0.25) is 9.59 Å². The molecule has 1 aliphatic rings. The fraction of sp³-hybridized carbons (Fsp3) is 0.300. The quantitative estimate of drug-likeness (QED) is 0.908. The van der Waals surface area contributed by atoms with Crippen LogP contribution in [0.1, 0.15) is 30.1 Å². The first-order valence-electron chi connectivity index (χ1n) is 8.49. The summed E-state index contributed by atoms with van der Waals surface area (Å²) in [5, 5.41) is 2.71.